The number of hydrogen-bond acceptors (Lipinski definition) is 7. The lowest BCUT2D eigenvalue weighted by atomic mass is 10.2. The van der Waals surface area contributed by atoms with Crippen LogP contribution in [0.25, 0.3) is 11.0 Å². The van der Waals surface area contributed by atoms with Crippen LogP contribution >= 0.6 is 0 Å². The molecule has 4 aromatic rings. The van der Waals surface area contributed by atoms with Crippen LogP contribution in [0.3, 0.4) is 0 Å². The van der Waals surface area contributed by atoms with Gasteiger partial charge in [-0.05, 0) is 48.5 Å². The van der Waals surface area contributed by atoms with Gasteiger partial charge in [-0.15, -0.1) is 0 Å². The van der Waals surface area contributed by atoms with Crippen molar-refractivity contribution >= 4 is 21.1 Å². The van der Waals surface area contributed by atoms with E-state index in [0.29, 0.717) is 28.2 Å². The van der Waals surface area contributed by atoms with Gasteiger partial charge in [0.1, 0.15) is 40.3 Å². The summed E-state index contributed by atoms with van der Waals surface area (Å²) in [6.45, 7) is 0.147. The second-order valence-electron chi connectivity index (χ2n) is 6.25. The molecule has 0 aliphatic rings. The van der Waals surface area contributed by atoms with Gasteiger partial charge in [-0.1, -0.05) is 11.2 Å². The minimum Gasteiger partial charge on any atom is -0.497 e. The zero-order valence-electron chi connectivity index (χ0n) is 15.7. The van der Waals surface area contributed by atoms with Crippen LogP contribution in [0, 0.1) is 5.82 Å². The number of hydrogen-bond donors (Lipinski definition) is 0. The molecule has 4 rings (SSSR count). The van der Waals surface area contributed by atoms with Crippen molar-refractivity contribution < 1.29 is 31.0 Å². The van der Waals surface area contributed by atoms with Gasteiger partial charge in [0, 0.05) is 17.5 Å². The van der Waals surface area contributed by atoms with Crippen LogP contribution in [0.2, 0.25) is 0 Å². The quantitative estimate of drug-likeness (QED) is 0.404. The first-order chi connectivity index (χ1) is 14.4. The number of fused-ring (bicyclic) bond motifs is 1. The molecule has 0 bridgehead atoms. The Bertz CT molecular complexity index is 1280. The van der Waals surface area contributed by atoms with Crippen LogP contribution in [-0.4, -0.2) is 20.7 Å². The van der Waals surface area contributed by atoms with E-state index < -0.39 is 15.9 Å². The van der Waals surface area contributed by atoms with E-state index in [1.54, 1.807) is 37.4 Å². The number of benzene rings is 3. The first-order valence-corrected chi connectivity index (χ1v) is 10.2. The maximum absolute atomic E-state index is 13.0. The topological polar surface area (TPSA) is 87.9 Å². The van der Waals surface area contributed by atoms with E-state index in [1.165, 1.54) is 12.1 Å². The average Bonchev–Trinajstić information content (AvgIpc) is 3.14. The van der Waals surface area contributed by atoms with Gasteiger partial charge in [0.05, 0.1) is 7.11 Å². The zero-order valence-corrected chi connectivity index (χ0v) is 16.6. The maximum atomic E-state index is 13.0. The Hall–Kier alpha value is -3.59. The standard InChI is InChI=1S/C21H16FNO6S/c1-26-15-3-2-4-16(11-15)27-13-20-19-10-7-17(12-21(19)28-23-20)29-30(24,25)18-8-5-14(22)6-9-18/h2-12H,13H2,1H3. The van der Waals surface area contributed by atoms with Crippen molar-refractivity contribution in [1.29, 1.82) is 0 Å². The number of halogens is 1. The molecule has 30 heavy (non-hydrogen) atoms. The van der Waals surface area contributed by atoms with Crippen molar-refractivity contribution in [2.75, 3.05) is 7.11 Å². The Morgan fingerprint density at radius 2 is 1.73 bits per heavy atom. The molecule has 0 aliphatic heterocycles. The molecule has 0 unspecified atom stereocenters. The number of ether oxygens (including phenoxy) is 2. The van der Waals surface area contributed by atoms with E-state index in [-0.39, 0.29) is 17.3 Å². The third-order valence-corrected chi connectivity index (χ3v) is 5.50. The van der Waals surface area contributed by atoms with Crippen molar-refractivity contribution in [3.8, 4) is 17.2 Å². The van der Waals surface area contributed by atoms with E-state index in [0.717, 1.165) is 24.3 Å². The smallest absolute Gasteiger partial charge is 0.339 e. The number of methoxy groups -OCH3 is 1. The first kappa shape index (κ1) is 19.7. The number of rotatable bonds is 7. The fourth-order valence-electron chi connectivity index (χ4n) is 2.74. The minimum atomic E-state index is -4.11. The van der Waals surface area contributed by atoms with E-state index in [4.69, 9.17) is 18.2 Å². The van der Waals surface area contributed by atoms with Crippen molar-refractivity contribution in [3.05, 3.63) is 78.2 Å². The summed E-state index contributed by atoms with van der Waals surface area (Å²) in [7, 11) is -2.54. The summed E-state index contributed by atoms with van der Waals surface area (Å²) in [5.41, 5.74) is 0.881. The van der Waals surface area contributed by atoms with Gasteiger partial charge in [0.2, 0.25) is 0 Å². The first-order valence-electron chi connectivity index (χ1n) is 8.80. The lowest BCUT2D eigenvalue weighted by Gasteiger charge is -2.07. The van der Waals surface area contributed by atoms with Crippen molar-refractivity contribution in [3.63, 3.8) is 0 Å². The Morgan fingerprint density at radius 1 is 0.967 bits per heavy atom. The van der Waals surface area contributed by atoms with E-state index in [9.17, 15) is 12.8 Å². The van der Waals surface area contributed by atoms with Crippen LogP contribution in [0.15, 0.2) is 76.1 Å². The summed E-state index contributed by atoms with van der Waals surface area (Å²) in [6.07, 6.45) is 0. The van der Waals surface area contributed by atoms with E-state index in [2.05, 4.69) is 5.16 Å². The summed E-state index contributed by atoms with van der Waals surface area (Å²) in [5, 5.41) is 4.64. The molecule has 1 aromatic heterocycles. The Balaban J connectivity index is 1.51. The van der Waals surface area contributed by atoms with E-state index >= 15 is 0 Å². The molecule has 0 amide bonds. The fraction of sp³-hybridized carbons (Fsp3) is 0.0952. The van der Waals surface area contributed by atoms with Gasteiger partial charge in [-0.25, -0.2) is 4.39 Å². The molecule has 0 spiro atoms. The number of aromatic nitrogens is 1. The third kappa shape index (κ3) is 4.20. The lowest BCUT2D eigenvalue weighted by Crippen LogP contribution is -2.09. The molecule has 3 aromatic carbocycles. The molecule has 0 N–H and O–H groups in total. The summed E-state index contributed by atoms with van der Waals surface area (Å²) in [6, 6.07) is 16.0. The van der Waals surface area contributed by atoms with Crippen molar-refractivity contribution in [1.82, 2.24) is 5.16 Å². The van der Waals surface area contributed by atoms with Gasteiger partial charge in [-0.2, -0.15) is 8.42 Å². The molecule has 0 saturated carbocycles. The normalized spacial score (nSPS) is 11.4. The van der Waals surface area contributed by atoms with Gasteiger partial charge in [0.15, 0.2) is 5.58 Å². The van der Waals surface area contributed by atoms with E-state index in [1.807, 2.05) is 0 Å². The average molecular weight is 429 g/mol. The van der Waals surface area contributed by atoms with Crippen LogP contribution < -0.4 is 13.7 Å². The summed E-state index contributed by atoms with van der Waals surface area (Å²) >= 11 is 0. The van der Waals surface area contributed by atoms with Crippen molar-refractivity contribution in [2.45, 2.75) is 11.5 Å². The van der Waals surface area contributed by atoms with Gasteiger partial charge < -0.3 is 18.2 Å². The van der Waals surface area contributed by atoms with Gasteiger partial charge in [0.25, 0.3) is 0 Å². The molecule has 7 nitrogen and oxygen atoms in total. The second-order valence-corrected chi connectivity index (χ2v) is 7.79. The predicted molar refractivity (Wildman–Crippen MR) is 106 cm³/mol. The van der Waals surface area contributed by atoms with Crippen LogP contribution in [0.5, 0.6) is 17.2 Å². The highest BCUT2D eigenvalue weighted by molar-refractivity contribution is 7.87. The Kier molecular flexibility index (Phi) is 5.28. The second kappa shape index (κ2) is 8.03. The summed E-state index contributed by atoms with van der Waals surface area (Å²) in [5.74, 6) is 0.779. The highest BCUT2D eigenvalue weighted by atomic mass is 32.2. The number of nitrogens with zero attached hydrogens (tertiary/aromatic N) is 1. The van der Waals surface area contributed by atoms with Crippen molar-refractivity contribution in [2.24, 2.45) is 0 Å². The predicted octanol–water partition coefficient (Wildman–Crippen LogP) is 4.32. The molecular weight excluding hydrogens is 413 g/mol. The van der Waals surface area contributed by atoms with Gasteiger partial charge >= 0.3 is 10.1 Å². The van der Waals surface area contributed by atoms with Crippen LogP contribution in [0.4, 0.5) is 4.39 Å². The largest absolute Gasteiger partial charge is 0.497 e. The SMILES string of the molecule is COc1cccc(OCc2noc3cc(OS(=O)(=O)c4ccc(F)cc4)ccc23)c1. The molecule has 9 heteroatoms. The minimum absolute atomic E-state index is 0.0447. The zero-order chi connectivity index (χ0) is 21.1. The molecule has 0 aliphatic carbocycles. The highest BCUT2D eigenvalue weighted by Crippen LogP contribution is 2.27. The third-order valence-electron chi connectivity index (χ3n) is 4.24. The monoisotopic (exact) mass is 429 g/mol. The summed E-state index contributed by atoms with van der Waals surface area (Å²) < 4.78 is 59.0. The Labute approximate surface area is 171 Å². The lowest BCUT2D eigenvalue weighted by molar-refractivity contribution is 0.290. The Morgan fingerprint density at radius 3 is 2.50 bits per heavy atom. The molecule has 1 heterocycles. The van der Waals surface area contributed by atoms with Crippen LogP contribution in [0.1, 0.15) is 5.69 Å². The fourth-order valence-corrected chi connectivity index (χ4v) is 3.67. The van der Waals surface area contributed by atoms with Crippen LogP contribution in [-0.2, 0) is 16.7 Å². The maximum Gasteiger partial charge on any atom is 0.339 e. The molecule has 0 atom stereocenters. The molecule has 0 saturated heterocycles. The molecule has 0 radical (unpaired) electrons. The summed E-state index contributed by atoms with van der Waals surface area (Å²) in [4.78, 5) is -0.158. The highest BCUT2D eigenvalue weighted by Gasteiger charge is 2.18. The molecule has 0 fully saturated rings. The molecular formula is C21H16FNO6S. The van der Waals surface area contributed by atoms with Gasteiger partial charge in [-0.3, -0.25) is 0 Å². The molecule has 154 valence electrons.